The van der Waals surface area contributed by atoms with Gasteiger partial charge in [0, 0.05) is 0 Å². The summed E-state index contributed by atoms with van der Waals surface area (Å²) < 4.78 is 22.9. The number of unbranched alkanes of at least 4 members (excludes halogenated alkanes) is 19. The summed E-state index contributed by atoms with van der Waals surface area (Å²) in [6.07, 6.45) is 27.7. The van der Waals surface area contributed by atoms with Crippen LogP contribution in [0, 0.1) is 0 Å². The molecular weight excluding hydrogens is 511 g/mol. The highest BCUT2D eigenvalue weighted by Gasteiger charge is 2.23. The lowest BCUT2D eigenvalue weighted by Crippen LogP contribution is -2.47. The molecule has 0 fully saturated rings. The Hall–Kier alpha value is -0.720. The lowest BCUT2D eigenvalue weighted by atomic mass is 10.0. The van der Waals surface area contributed by atoms with Crippen LogP contribution < -0.4 is 5.32 Å². The smallest absolute Gasteiger partial charge is 0.347 e. The molecule has 7 nitrogen and oxygen atoms in total. The van der Waals surface area contributed by atoms with Crippen LogP contribution in [0.2, 0.25) is 0 Å². The van der Waals surface area contributed by atoms with Crippen molar-refractivity contribution in [2.24, 2.45) is 0 Å². The van der Waals surface area contributed by atoms with Crippen molar-refractivity contribution in [2.75, 3.05) is 46.9 Å². The summed E-state index contributed by atoms with van der Waals surface area (Å²) in [6.45, 7) is 7.79. The predicted molar refractivity (Wildman–Crippen MR) is 165 cm³/mol. The van der Waals surface area contributed by atoms with Crippen molar-refractivity contribution in [3.63, 3.8) is 0 Å². The molecule has 0 heterocycles. The Balaban J connectivity index is 3.44. The number of rotatable bonds is 30. The Kier molecular flexibility index (Phi) is 25.7. The number of nitrogens with zero attached hydrogens (tertiary/aromatic N) is 1. The minimum absolute atomic E-state index is 0.120. The van der Waals surface area contributed by atoms with E-state index in [9.17, 15) is 14.3 Å². The van der Waals surface area contributed by atoms with E-state index in [1.54, 1.807) is 0 Å². The first-order chi connectivity index (χ1) is 18.7. The first kappa shape index (κ1) is 38.3. The Morgan fingerprint density at radius 2 is 1.10 bits per heavy atom. The summed E-state index contributed by atoms with van der Waals surface area (Å²) in [6, 6.07) is 0. The third-order valence-corrected chi connectivity index (χ3v) is 8.42. The summed E-state index contributed by atoms with van der Waals surface area (Å²) >= 11 is 0. The number of nitrogens with one attached hydrogen (secondary N) is 1. The van der Waals surface area contributed by atoms with E-state index in [2.05, 4.69) is 18.8 Å². The maximum absolute atomic E-state index is 12.1. The molecular formula is C31H64N2O5P+. The fourth-order valence-corrected chi connectivity index (χ4v) is 5.39. The second-order valence-corrected chi connectivity index (χ2v) is 13.2. The monoisotopic (exact) mass is 575 g/mol. The molecule has 0 aliphatic carbocycles. The Morgan fingerprint density at radius 1 is 0.718 bits per heavy atom. The Morgan fingerprint density at radius 3 is 1.51 bits per heavy atom. The van der Waals surface area contributed by atoms with Crippen molar-refractivity contribution < 1.29 is 27.8 Å². The van der Waals surface area contributed by atoms with Crippen molar-refractivity contribution in [3.05, 3.63) is 12.7 Å². The number of amides is 1. The van der Waals surface area contributed by atoms with Gasteiger partial charge in [0.05, 0.1) is 33.8 Å². The molecule has 2 N–H and O–H groups in total. The zero-order valence-corrected chi connectivity index (χ0v) is 26.8. The van der Waals surface area contributed by atoms with Crippen LogP contribution in [0.5, 0.6) is 0 Å². The molecule has 1 atom stereocenters. The van der Waals surface area contributed by atoms with E-state index in [0.29, 0.717) is 24.1 Å². The Labute approximate surface area is 241 Å². The van der Waals surface area contributed by atoms with Gasteiger partial charge >= 0.3 is 7.82 Å². The van der Waals surface area contributed by atoms with Crippen LogP contribution in [0.25, 0.3) is 0 Å². The number of hydrogen-bond acceptors (Lipinski definition) is 4. The molecule has 0 rings (SSSR count). The highest BCUT2D eigenvalue weighted by atomic mass is 31.2. The van der Waals surface area contributed by atoms with Gasteiger partial charge < -0.3 is 14.7 Å². The van der Waals surface area contributed by atoms with E-state index in [1.807, 2.05) is 14.1 Å². The van der Waals surface area contributed by atoms with Gasteiger partial charge in [-0.15, -0.1) is 0 Å². The number of hydrogen-bond donors (Lipinski definition) is 2. The summed E-state index contributed by atoms with van der Waals surface area (Å²) in [5.41, 5.74) is 0. The van der Waals surface area contributed by atoms with E-state index in [-0.39, 0.29) is 19.1 Å². The molecule has 1 amide bonds. The van der Waals surface area contributed by atoms with Gasteiger partial charge in [-0.1, -0.05) is 135 Å². The van der Waals surface area contributed by atoms with Crippen LogP contribution in [-0.4, -0.2) is 62.2 Å². The van der Waals surface area contributed by atoms with Crippen LogP contribution in [0.15, 0.2) is 12.7 Å². The van der Waals surface area contributed by atoms with Crippen LogP contribution >= 0.6 is 7.82 Å². The van der Waals surface area contributed by atoms with Crippen molar-refractivity contribution >= 4 is 13.7 Å². The van der Waals surface area contributed by atoms with E-state index in [1.165, 1.54) is 115 Å². The van der Waals surface area contributed by atoms with Crippen molar-refractivity contribution in [1.82, 2.24) is 5.32 Å². The first-order valence-electron chi connectivity index (χ1n) is 16.1. The molecule has 0 aliphatic rings. The van der Waals surface area contributed by atoms with Crippen molar-refractivity contribution in [2.45, 2.75) is 135 Å². The number of phosphoric ester groups is 1. The fourth-order valence-electron chi connectivity index (χ4n) is 4.64. The molecule has 8 heteroatoms. The predicted octanol–water partition coefficient (Wildman–Crippen LogP) is 8.32. The summed E-state index contributed by atoms with van der Waals surface area (Å²) in [7, 11) is -0.0567. The lowest BCUT2D eigenvalue weighted by molar-refractivity contribution is -0.889. The number of phosphoric acid groups is 1. The molecule has 0 aromatic rings. The number of carbonyl (C=O) groups excluding carboxylic acids is 1. The highest BCUT2D eigenvalue weighted by Crippen LogP contribution is 2.43. The van der Waals surface area contributed by atoms with Crippen molar-refractivity contribution in [3.8, 4) is 0 Å². The molecule has 39 heavy (non-hydrogen) atoms. The minimum atomic E-state index is -4.01. The lowest BCUT2D eigenvalue weighted by Gasteiger charge is -2.29. The summed E-state index contributed by atoms with van der Waals surface area (Å²) in [4.78, 5) is 21.1. The zero-order valence-electron chi connectivity index (χ0n) is 25.9. The fraction of sp³-hybridized carbons (Fsp3) is 0.903. The SMILES string of the molecule is C=CC(=O)NCC[N+](C)(C)CCOP(=O)(O)OCCCCCCCCCCCCCCCCCCCCCC. The van der Waals surface area contributed by atoms with E-state index >= 15 is 0 Å². The van der Waals surface area contributed by atoms with E-state index < -0.39 is 7.82 Å². The molecule has 232 valence electrons. The van der Waals surface area contributed by atoms with E-state index in [0.717, 1.165) is 19.3 Å². The quantitative estimate of drug-likeness (QED) is 0.0389. The average Bonchev–Trinajstić information content (AvgIpc) is 2.89. The first-order valence-corrected chi connectivity index (χ1v) is 17.6. The second-order valence-electron chi connectivity index (χ2n) is 11.7. The zero-order chi connectivity index (χ0) is 29.1. The van der Waals surface area contributed by atoms with Gasteiger partial charge in [-0.3, -0.25) is 13.8 Å². The molecule has 0 spiro atoms. The molecule has 0 aliphatic heterocycles. The maximum Gasteiger partial charge on any atom is 0.472 e. The molecule has 0 aromatic carbocycles. The van der Waals surface area contributed by atoms with Gasteiger partial charge in [0.2, 0.25) is 5.91 Å². The van der Waals surface area contributed by atoms with Crippen LogP contribution in [0.3, 0.4) is 0 Å². The minimum Gasteiger partial charge on any atom is -0.347 e. The third-order valence-electron chi connectivity index (χ3n) is 7.41. The topological polar surface area (TPSA) is 84.9 Å². The largest absolute Gasteiger partial charge is 0.472 e. The average molecular weight is 576 g/mol. The number of likely N-dealkylation sites (N-methyl/N-ethyl adjacent to an activating group) is 1. The van der Waals surface area contributed by atoms with Crippen LogP contribution in [0.1, 0.15) is 135 Å². The van der Waals surface area contributed by atoms with Crippen LogP contribution in [0.4, 0.5) is 0 Å². The van der Waals surface area contributed by atoms with Gasteiger partial charge in [0.1, 0.15) is 13.2 Å². The normalized spacial score (nSPS) is 13.3. The van der Waals surface area contributed by atoms with Crippen molar-refractivity contribution in [1.29, 1.82) is 0 Å². The summed E-state index contributed by atoms with van der Waals surface area (Å²) in [5.74, 6) is -0.204. The Bertz CT molecular complexity index is 630. The molecule has 0 bridgehead atoms. The molecule has 0 saturated heterocycles. The van der Waals surface area contributed by atoms with E-state index in [4.69, 9.17) is 9.05 Å². The number of quaternary nitrogens is 1. The summed E-state index contributed by atoms with van der Waals surface area (Å²) in [5, 5.41) is 2.73. The van der Waals surface area contributed by atoms with Gasteiger partial charge in [0.15, 0.2) is 0 Å². The maximum atomic E-state index is 12.1. The standard InChI is InChI=1S/C31H63N2O5P/c1-5-7-8-9-10-11-12-13-14-15-16-17-18-19-20-21-22-23-24-25-29-37-39(35,36)38-30-28-33(3,4)27-26-32-31(34)6-2/h6H,2,5,7-30H2,1,3-4H3,(H-,32,34,35,36)/p+1. The number of carbonyl (C=O) groups is 1. The highest BCUT2D eigenvalue weighted by molar-refractivity contribution is 7.47. The van der Waals surface area contributed by atoms with Crippen LogP contribution in [-0.2, 0) is 18.4 Å². The molecule has 1 unspecified atom stereocenters. The third kappa shape index (κ3) is 28.6. The molecule has 0 radical (unpaired) electrons. The second kappa shape index (κ2) is 26.2. The van der Waals surface area contributed by atoms with Gasteiger partial charge in [-0.2, -0.15) is 0 Å². The van der Waals surface area contributed by atoms with Gasteiger partial charge in [-0.05, 0) is 12.5 Å². The molecule has 0 saturated carbocycles. The molecule has 0 aromatic heterocycles. The van der Waals surface area contributed by atoms with Gasteiger partial charge in [0.25, 0.3) is 0 Å². The van der Waals surface area contributed by atoms with Gasteiger partial charge in [-0.25, -0.2) is 4.57 Å².